The highest BCUT2D eigenvalue weighted by Crippen LogP contribution is 2.46. The Morgan fingerprint density at radius 2 is 2.05 bits per heavy atom. The number of carbonyl (C=O) groups is 2. The molecule has 0 saturated heterocycles. The van der Waals surface area contributed by atoms with Crippen LogP contribution in [0.25, 0.3) is 0 Å². The van der Waals surface area contributed by atoms with Gasteiger partial charge in [0.2, 0.25) is 0 Å². The quantitative estimate of drug-likeness (QED) is 0.838. The van der Waals surface area contributed by atoms with Gasteiger partial charge in [-0.3, -0.25) is 4.79 Å². The molecule has 2 aliphatic rings. The smallest absolute Gasteiger partial charge is 0.379 e. The second kappa shape index (κ2) is 5.00. The Morgan fingerprint density at radius 3 is 2.71 bits per heavy atom. The van der Waals surface area contributed by atoms with Crippen molar-refractivity contribution in [2.75, 3.05) is 7.11 Å². The number of aliphatic hydroxyl groups is 1. The standard InChI is InChI=1S/C16H16O5/c1-20-15(18)16(19)9-12(10-5-3-2-4-6-10)11-7-8-13(17)14(11)21-16/h2-6,12,19H,7-9H2,1H3. The van der Waals surface area contributed by atoms with Crippen molar-refractivity contribution in [1.82, 2.24) is 0 Å². The topological polar surface area (TPSA) is 72.8 Å². The van der Waals surface area contributed by atoms with Crippen molar-refractivity contribution in [3.05, 3.63) is 47.2 Å². The fourth-order valence-corrected chi connectivity index (χ4v) is 3.01. The van der Waals surface area contributed by atoms with Crippen molar-refractivity contribution in [2.45, 2.75) is 31.0 Å². The van der Waals surface area contributed by atoms with E-state index >= 15 is 0 Å². The molecule has 1 heterocycles. The van der Waals surface area contributed by atoms with Crippen LogP contribution in [0.1, 0.15) is 30.7 Å². The normalized spacial score (nSPS) is 28.1. The molecule has 0 saturated carbocycles. The SMILES string of the molecule is COC(=O)C1(O)CC(c2ccccc2)C2=C(O1)C(=O)CC2. The second-order valence-corrected chi connectivity index (χ2v) is 5.32. The molecular formula is C16H16O5. The van der Waals surface area contributed by atoms with E-state index in [4.69, 9.17) is 4.74 Å². The summed E-state index contributed by atoms with van der Waals surface area (Å²) < 4.78 is 9.94. The molecule has 5 heteroatoms. The second-order valence-electron chi connectivity index (χ2n) is 5.32. The van der Waals surface area contributed by atoms with E-state index in [9.17, 15) is 14.7 Å². The maximum absolute atomic E-state index is 11.9. The summed E-state index contributed by atoms with van der Waals surface area (Å²) in [5, 5.41) is 10.5. The van der Waals surface area contributed by atoms with Crippen LogP contribution < -0.4 is 0 Å². The van der Waals surface area contributed by atoms with Crippen molar-refractivity contribution >= 4 is 11.8 Å². The van der Waals surface area contributed by atoms with Gasteiger partial charge in [-0.15, -0.1) is 0 Å². The van der Waals surface area contributed by atoms with E-state index in [0.717, 1.165) is 11.1 Å². The largest absolute Gasteiger partial charge is 0.464 e. The van der Waals surface area contributed by atoms with Gasteiger partial charge in [0, 0.05) is 18.8 Å². The van der Waals surface area contributed by atoms with E-state index in [1.807, 2.05) is 30.3 Å². The van der Waals surface area contributed by atoms with E-state index < -0.39 is 11.8 Å². The lowest BCUT2D eigenvalue weighted by Crippen LogP contribution is -2.46. The van der Waals surface area contributed by atoms with Crippen LogP contribution in [-0.4, -0.2) is 29.8 Å². The molecule has 0 spiro atoms. The third-order valence-electron chi connectivity index (χ3n) is 4.04. The number of ketones is 1. The maximum atomic E-state index is 11.9. The third-order valence-corrected chi connectivity index (χ3v) is 4.04. The van der Waals surface area contributed by atoms with Gasteiger partial charge in [0.05, 0.1) is 7.11 Å². The van der Waals surface area contributed by atoms with Gasteiger partial charge < -0.3 is 14.6 Å². The highest BCUT2D eigenvalue weighted by atomic mass is 16.7. The minimum atomic E-state index is -2.10. The Balaban J connectivity index is 2.06. The molecule has 5 nitrogen and oxygen atoms in total. The molecule has 0 radical (unpaired) electrons. The highest BCUT2D eigenvalue weighted by Gasteiger charge is 2.50. The lowest BCUT2D eigenvalue weighted by Gasteiger charge is -2.35. The zero-order chi connectivity index (χ0) is 15.0. The van der Waals surface area contributed by atoms with Crippen molar-refractivity contribution in [1.29, 1.82) is 0 Å². The summed E-state index contributed by atoms with van der Waals surface area (Å²) in [6.07, 6.45) is 1.01. The number of methoxy groups -OCH3 is 1. The molecule has 0 aromatic heterocycles. The first-order valence-corrected chi connectivity index (χ1v) is 6.86. The van der Waals surface area contributed by atoms with Gasteiger partial charge in [0.15, 0.2) is 11.5 Å². The third kappa shape index (κ3) is 2.23. The minimum Gasteiger partial charge on any atom is -0.464 e. The van der Waals surface area contributed by atoms with Crippen LogP contribution in [0.5, 0.6) is 0 Å². The van der Waals surface area contributed by atoms with E-state index in [-0.39, 0.29) is 23.9 Å². The van der Waals surface area contributed by atoms with E-state index in [1.54, 1.807) is 0 Å². The Kier molecular flexibility index (Phi) is 3.29. The molecule has 1 aromatic rings. The molecule has 2 unspecified atom stereocenters. The molecule has 21 heavy (non-hydrogen) atoms. The van der Waals surface area contributed by atoms with Crippen LogP contribution in [0.3, 0.4) is 0 Å². The van der Waals surface area contributed by atoms with E-state index in [1.165, 1.54) is 7.11 Å². The monoisotopic (exact) mass is 288 g/mol. The van der Waals surface area contributed by atoms with Crippen LogP contribution in [0.15, 0.2) is 41.7 Å². The summed E-state index contributed by atoms with van der Waals surface area (Å²) in [5.41, 5.74) is 1.81. The minimum absolute atomic E-state index is 0.0514. The Morgan fingerprint density at radius 1 is 1.33 bits per heavy atom. The molecule has 0 amide bonds. The zero-order valence-electron chi connectivity index (χ0n) is 11.7. The van der Waals surface area contributed by atoms with Crippen molar-refractivity contribution < 1.29 is 24.2 Å². The molecule has 110 valence electrons. The Hall–Kier alpha value is -2.14. The molecule has 3 rings (SSSR count). The summed E-state index contributed by atoms with van der Waals surface area (Å²) in [6.45, 7) is 0. The maximum Gasteiger partial charge on any atom is 0.379 e. The zero-order valence-corrected chi connectivity index (χ0v) is 11.7. The van der Waals surface area contributed by atoms with Crippen molar-refractivity contribution in [2.24, 2.45) is 0 Å². The molecule has 1 aliphatic heterocycles. The van der Waals surface area contributed by atoms with Crippen LogP contribution in [0, 0.1) is 0 Å². The lowest BCUT2D eigenvalue weighted by atomic mass is 9.83. The number of hydrogen-bond acceptors (Lipinski definition) is 5. The van der Waals surface area contributed by atoms with Crippen LogP contribution in [0.2, 0.25) is 0 Å². The van der Waals surface area contributed by atoms with Gasteiger partial charge in [0.25, 0.3) is 0 Å². The average Bonchev–Trinajstić information content (AvgIpc) is 2.87. The first-order chi connectivity index (χ1) is 10.0. The van der Waals surface area contributed by atoms with Gasteiger partial charge in [-0.2, -0.15) is 0 Å². The number of benzene rings is 1. The first kappa shape index (κ1) is 13.8. The fraction of sp³-hybridized carbons (Fsp3) is 0.375. The number of esters is 1. The first-order valence-electron chi connectivity index (χ1n) is 6.86. The van der Waals surface area contributed by atoms with Gasteiger partial charge in [-0.25, -0.2) is 4.79 Å². The summed E-state index contributed by atoms with van der Waals surface area (Å²) in [5.74, 6) is -3.25. The van der Waals surface area contributed by atoms with Crippen molar-refractivity contribution in [3.63, 3.8) is 0 Å². The van der Waals surface area contributed by atoms with Gasteiger partial charge in [-0.05, 0) is 17.6 Å². The van der Waals surface area contributed by atoms with Crippen LogP contribution in [-0.2, 0) is 19.1 Å². The summed E-state index contributed by atoms with van der Waals surface area (Å²) in [4.78, 5) is 23.8. The summed E-state index contributed by atoms with van der Waals surface area (Å²) in [7, 11) is 1.18. The predicted molar refractivity (Wildman–Crippen MR) is 73.1 cm³/mol. The Labute approximate surface area is 122 Å². The highest BCUT2D eigenvalue weighted by molar-refractivity contribution is 5.98. The summed E-state index contributed by atoms with van der Waals surface area (Å²) >= 11 is 0. The number of ether oxygens (including phenoxy) is 2. The molecule has 2 atom stereocenters. The number of carbonyl (C=O) groups excluding carboxylic acids is 2. The molecular weight excluding hydrogens is 272 g/mol. The molecule has 0 fully saturated rings. The molecule has 0 bridgehead atoms. The fourth-order valence-electron chi connectivity index (χ4n) is 3.01. The van der Waals surface area contributed by atoms with E-state index in [0.29, 0.717) is 12.8 Å². The van der Waals surface area contributed by atoms with Gasteiger partial charge >= 0.3 is 11.8 Å². The van der Waals surface area contributed by atoms with Gasteiger partial charge in [-0.1, -0.05) is 30.3 Å². The summed E-state index contributed by atoms with van der Waals surface area (Å²) in [6, 6.07) is 9.50. The lowest BCUT2D eigenvalue weighted by molar-refractivity contribution is -0.220. The molecule has 1 aromatic carbocycles. The van der Waals surface area contributed by atoms with Crippen LogP contribution >= 0.6 is 0 Å². The molecule has 1 aliphatic carbocycles. The van der Waals surface area contributed by atoms with E-state index in [2.05, 4.69) is 4.74 Å². The predicted octanol–water partition coefficient (Wildman–Crippen LogP) is 1.67. The number of Topliss-reactive ketones (excluding diaryl/α,β-unsaturated/α-hetero) is 1. The van der Waals surface area contributed by atoms with Crippen LogP contribution in [0.4, 0.5) is 0 Å². The number of allylic oxidation sites excluding steroid dienone is 2. The number of rotatable bonds is 2. The average molecular weight is 288 g/mol. The number of hydrogen-bond donors (Lipinski definition) is 1. The van der Waals surface area contributed by atoms with Gasteiger partial charge in [0.1, 0.15) is 0 Å². The Bertz CT molecular complexity index is 619. The van der Waals surface area contributed by atoms with Crippen molar-refractivity contribution in [3.8, 4) is 0 Å². The molecule has 1 N–H and O–H groups in total.